The van der Waals surface area contributed by atoms with Crippen LogP contribution in [-0.4, -0.2) is 21.2 Å². The largest absolute Gasteiger partial charge is 0.483 e. The average Bonchev–Trinajstić information content (AvgIpc) is 2.91. The van der Waals surface area contributed by atoms with Crippen LogP contribution in [0.15, 0.2) is 22.7 Å². The number of carboxylic acid groups (broad SMARTS) is 1. The fourth-order valence-electron chi connectivity index (χ4n) is 1.72. The lowest BCUT2D eigenvalue weighted by atomic mass is 10.2. The van der Waals surface area contributed by atoms with Crippen molar-refractivity contribution >= 4 is 28.6 Å². The van der Waals surface area contributed by atoms with Gasteiger partial charge in [0.05, 0.1) is 0 Å². The molecule has 0 radical (unpaired) electrons. The fraction of sp³-hybridized carbons (Fsp3) is 0.357. The molecule has 0 aliphatic heterocycles. The number of benzene rings is 1. The van der Waals surface area contributed by atoms with Crippen molar-refractivity contribution in [2.45, 2.75) is 32.8 Å². The van der Waals surface area contributed by atoms with Crippen LogP contribution in [0, 0.1) is 3.57 Å². The van der Waals surface area contributed by atoms with Crippen molar-refractivity contribution in [3.05, 3.63) is 39.0 Å². The number of halogens is 1. The first kappa shape index (κ1) is 15.7. The Balaban J connectivity index is 2.03. The highest BCUT2D eigenvalue weighted by atomic mass is 127. The summed E-state index contributed by atoms with van der Waals surface area (Å²) in [7, 11) is 0. The lowest BCUT2D eigenvalue weighted by molar-refractivity contribution is 0.0691. The number of aromatic nitrogens is 2. The van der Waals surface area contributed by atoms with Gasteiger partial charge in [0.15, 0.2) is 12.4 Å². The molecule has 0 spiro atoms. The minimum atomic E-state index is -1.03. The number of rotatable bonds is 7. The Kier molecular flexibility index (Phi) is 5.54. The number of carboxylic acids is 1. The number of carbonyl (C=O) groups is 1. The van der Waals surface area contributed by atoms with E-state index in [4.69, 9.17) is 14.4 Å². The number of unbranched alkanes of at least 4 members (excludes halogenated alkanes) is 1. The highest BCUT2D eigenvalue weighted by molar-refractivity contribution is 14.1. The molecule has 1 aromatic heterocycles. The SMILES string of the molecule is CCCCc1noc(COc2ccc(I)cc2C(=O)O)n1. The van der Waals surface area contributed by atoms with Crippen LogP contribution in [0.25, 0.3) is 0 Å². The Bertz CT molecular complexity index is 627. The van der Waals surface area contributed by atoms with Crippen LogP contribution in [0.3, 0.4) is 0 Å². The molecule has 0 aliphatic rings. The highest BCUT2D eigenvalue weighted by Gasteiger charge is 2.13. The van der Waals surface area contributed by atoms with Crippen molar-refractivity contribution in [1.82, 2.24) is 10.1 Å². The molecule has 112 valence electrons. The summed E-state index contributed by atoms with van der Waals surface area (Å²) < 4.78 is 11.4. The van der Waals surface area contributed by atoms with E-state index in [1.165, 1.54) is 0 Å². The number of aromatic carboxylic acids is 1. The van der Waals surface area contributed by atoms with Gasteiger partial charge in [-0.15, -0.1) is 0 Å². The lowest BCUT2D eigenvalue weighted by Gasteiger charge is -2.07. The number of hydrogen-bond acceptors (Lipinski definition) is 5. The molecule has 1 N–H and O–H groups in total. The quantitative estimate of drug-likeness (QED) is 0.716. The number of ether oxygens (including phenoxy) is 1. The Morgan fingerprint density at radius 2 is 2.29 bits per heavy atom. The highest BCUT2D eigenvalue weighted by Crippen LogP contribution is 2.22. The summed E-state index contributed by atoms with van der Waals surface area (Å²) in [5, 5.41) is 13.0. The Morgan fingerprint density at radius 1 is 1.48 bits per heavy atom. The average molecular weight is 402 g/mol. The van der Waals surface area contributed by atoms with Gasteiger partial charge in [-0.25, -0.2) is 4.79 Å². The van der Waals surface area contributed by atoms with Crippen LogP contribution < -0.4 is 4.74 Å². The van der Waals surface area contributed by atoms with E-state index in [0.29, 0.717) is 11.7 Å². The van der Waals surface area contributed by atoms with E-state index in [0.717, 1.165) is 22.8 Å². The van der Waals surface area contributed by atoms with E-state index in [1.54, 1.807) is 18.2 Å². The molecule has 0 fully saturated rings. The molecular weight excluding hydrogens is 387 g/mol. The van der Waals surface area contributed by atoms with E-state index in [9.17, 15) is 4.79 Å². The standard InChI is InChI=1S/C14H15IN2O4/c1-2-3-4-12-16-13(21-17-12)8-20-11-6-5-9(15)7-10(11)14(18)19/h5-7H,2-4,8H2,1H3,(H,18,19). The predicted molar refractivity (Wildman–Crippen MR) is 83.4 cm³/mol. The van der Waals surface area contributed by atoms with Gasteiger partial charge in [0, 0.05) is 9.99 Å². The van der Waals surface area contributed by atoms with Gasteiger partial charge in [0.25, 0.3) is 5.89 Å². The summed E-state index contributed by atoms with van der Waals surface area (Å²) in [5.41, 5.74) is 0.118. The molecule has 0 saturated heterocycles. The van der Waals surface area contributed by atoms with Gasteiger partial charge in [0.1, 0.15) is 11.3 Å². The molecule has 0 aliphatic carbocycles. The molecule has 0 bridgehead atoms. The topological polar surface area (TPSA) is 85.5 Å². The van der Waals surface area contributed by atoms with E-state index in [-0.39, 0.29) is 17.9 Å². The van der Waals surface area contributed by atoms with Crippen LogP contribution >= 0.6 is 22.6 Å². The lowest BCUT2D eigenvalue weighted by Crippen LogP contribution is -2.04. The molecule has 1 aromatic carbocycles. The molecule has 21 heavy (non-hydrogen) atoms. The zero-order valence-electron chi connectivity index (χ0n) is 11.5. The molecule has 2 rings (SSSR count). The molecule has 0 atom stereocenters. The van der Waals surface area contributed by atoms with Crippen LogP contribution in [-0.2, 0) is 13.0 Å². The zero-order chi connectivity index (χ0) is 15.2. The maximum Gasteiger partial charge on any atom is 0.339 e. The molecule has 0 amide bonds. The summed E-state index contributed by atoms with van der Waals surface area (Å²) in [4.78, 5) is 15.4. The Labute approximate surface area is 135 Å². The third-order valence-electron chi connectivity index (χ3n) is 2.79. The summed E-state index contributed by atoms with van der Waals surface area (Å²) in [6.07, 6.45) is 2.83. The van der Waals surface area contributed by atoms with Gasteiger partial charge in [-0.1, -0.05) is 18.5 Å². The molecule has 0 unspecified atom stereocenters. The smallest absolute Gasteiger partial charge is 0.339 e. The van der Waals surface area contributed by atoms with Crippen LogP contribution in [0.5, 0.6) is 5.75 Å². The van der Waals surface area contributed by atoms with Gasteiger partial charge in [-0.05, 0) is 47.2 Å². The van der Waals surface area contributed by atoms with Gasteiger partial charge in [-0.3, -0.25) is 0 Å². The molecule has 2 aromatic rings. The van der Waals surface area contributed by atoms with Gasteiger partial charge >= 0.3 is 5.97 Å². The van der Waals surface area contributed by atoms with Crippen molar-refractivity contribution in [3.63, 3.8) is 0 Å². The van der Waals surface area contributed by atoms with Crippen LogP contribution in [0.4, 0.5) is 0 Å². The first-order valence-corrected chi connectivity index (χ1v) is 7.65. The third-order valence-corrected chi connectivity index (χ3v) is 3.46. The molecular formula is C14H15IN2O4. The second-order valence-corrected chi connectivity index (χ2v) is 5.69. The van der Waals surface area contributed by atoms with Crippen molar-refractivity contribution < 1.29 is 19.2 Å². The Hall–Kier alpha value is -1.64. The number of aryl methyl sites for hydroxylation is 1. The molecule has 0 saturated carbocycles. The van der Waals surface area contributed by atoms with Gasteiger partial charge in [0.2, 0.25) is 0 Å². The first-order valence-electron chi connectivity index (χ1n) is 6.57. The monoisotopic (exact) mass is 402 g/mol. The molecule has 7 heteroatoms. The number of hydrogen-bond donors (Lipinski definition) is 1. The summed E-state index contributed by atoms with van der Waals surface area (Å²) in [6.45, 7) is 2.15. The predicted octanol–water partition coefficient (Wildman–Crippen LogP) is 3.29. The zero-order valence-corrected chi connectivity index (χ0v) is 13.7. The maximum atomic E-state index is 11.2. The maximum absolute atomic E-state index is 11.2. The van der Waals surface area contributed by atoms with E-state index in [1.807, 2.05) is 0 Å². The van der Waals surface area contributed by atoms with Crippen molar-refractivity contribution in [2.24, 2.45) is 0 Å². The second kappa shape index (κ2) is 7.39. The van der Waals surface area contributed by atoms with E-state index in [2.05, 4.69) is 39.7 Å². The first-order chi connectivity index (χ1) is 10.1. The third kappa shape index (κ3) is 4.42. The van der Waals surface area contributed by atoms with Gasteiger partial charge < -0.3 is 14.4 Å². The summed E-state index contributed by atoms with van der Waals surface area (Å²) >= 11 is 2.05. The molecule has 1 heterocycles. The minimum absolute atomic E-state index is 0.0556. The van der Waals surface area contributed by atoms with E-state index >= 15 is 0 Å². The second-order valence-electron chi connectivity index (χ2n) is 4.44. The fourth-order valence-corrected chi connectivity index (χ4v) is 2.21. The molecule has 6 nitrogen and oxygen atoms in total. The van der Waals surface area contributed by atoms with Crippen molar-refractivity contribution in [1.29, 1.82) is 0 Å². The van der Waals surface area contributed by atoms with E-state index < -0.39 is 5.97 Å². The van der Waals surface area contributed by atoms with Crippen LogP contribution in [0.2, 0.25) is 0 Å². The minimum Gasteiger partial charge on any atom is -0.483 e. The Morgan fingerprint density at radius 3 is 3.00 bits per heavy atom. The number of nitrogens with zero attached hydrogens (tertiary/aromatic N) is 2. The van der Waals surface area contributed by atoms with Crippen molar-refractivity contribution in [3.8, 4) is 5.75 Å². The summed E-state index contributed by atoms with van der Waals surface area (Å²) in [6, 6.07) is 4.96. The van der Waals surface area contributed by atoms with Crippen molar-refractivity contribution in [2.75, 3.05) is 0 Å². The normalized spacial score (nSPS) is 10.6. The summed E-state index contributed by atoms with van der Waals surface area (Å²) in [5.74, 6) is 0.251. The van der Waals surface area contributed by atoms with Crippen LogP contribution in [0.1, 0.15) is 41.8 Å². The van der Waals surface area contributed by atoms with Gasteiger partial charge in [-0.2, -0.15) is 4.98 Å².